The van der Waals surface area contributed by atoms with Crippen molar-refractivity contribution in [3.05, 3.63) is 48.5 Å². The first-order valence-electron chi connectivity index (χ1n) is 7.43. The van der Waals surface area contributed by atoms with E-state index in [9.17, 15) is 4.79 Å². The van der Waals surface area contributed by atoms with Crippen molar-refractivity contribution in [1.29, 1.82) is 0 Å². The molecule has 0 bridgehead atoms. The molecule has 0 fully saturated rings. The van der Waals surface area contributed by atoms with Gasteiger partial charge in [0.25, 0.3) is 0 Å². The van der Waals surface area contributed by atoms with Gasteiger partial charge in [-0.2, -0.15) is 0 Å². The summed E-state index contributed by atoms with van der Waals surface area (Å²) in [4.78, 5) is 16.5. The minimum atomic E-state index is -0.637. The lowest BCUT2D eigenvalue weighted by molar-refractivity contribution is -0.125. The topological polar surface area (TPSA) is 56.1 Å². The number of rotatable bonds is 7. The van der Waals surface area contributed by atoms with Crippen molar-refractivity contribution in [3.63, 3.8) is 0 Å². The van der Waals surface area contributed by atoms with E-state index in [1.165, 1.54) is 0 Å². The van der Waals surface area contributed by atoms with Crippen LogP contribution in [0.5, 0.6) is 5.75 Å². The molecule has 0 unspecified atom stereocenters. The van der Waals surface area contributed by atoms with E-state index in [2.05, 4.69) is 10.3 Å². The quantitative estimate of drug-likeness (QED) is 0.799. The predicted octanol–water partition coefficient (Wildman–Crippen LogP) is 2.38. The molecular formula is C17H23N3O2. The number of amides is 1. The molecule has 1 amide bonds. The number of ether oxygens (including phenoxy) is 1. The fraction of sp³-hybridized carbons (Fsp3) is 0.412. The van der Waals surface area contributed by atoms with Crippen molar-refractivity contribution in [1.82, 2.24) is 14.9 Å². The van der Waals surface area contributed by atoms with Crippen LogP contribution >= 0.6 is 0 Å². The van der Waals surface area contributed by atoms with E-state index in [4.69, 9.17) is 4.74 Å². The Bertz CT molecular complexity index is 606. The molecule has 2 rings (SSSR count). The maximum absolute atomic E-state index is 12.5. The summed E-state index contributed by atoms with van der Waals surface area (Å²) in [5, 5.41) is 3.01. The second kappa shape index (κ2) is 7.11. The summed E-state index contributed by atoms with van der Waals surface area (Å²) in [5.74, 6) is 0.740. The van der Waals surface area contributed by atoms with Crippen LogP contribution in [0.3, 0.4) is 0 Å². The number of methoxy groups -OCH3 is 1. The molecule has 0 radical (unpaired) electrons. The van der Waals surface area contributed by atoms with Crippen LogP contribution in [-0.4, -0.2) is 29.1 Å². The lowest BCUT2D eigenvalue weighted by Crippen LogP contribution is -2.40. The fourth-order valence-electron chi connectivity index (χ4n) is 2.39. The van der Waals surface area contributed by atoms with Gasteiger partial charge in [-0.1, -0.05) is 18.2 Å². The van der Waals surface area contributed by atoms with Gasteiger partial charge >= 0.3 is 0 Å². The third kappa shape index (κ3) is 3.67. The van der Waals surface area contributed by atoms with Crippen LogP contribution in [0.1, 0.15) is 25.8 Å². The Hall–Kier alpha value is -2.30. The Morgan fingerprint density at radius 2 is 2.14 bits per heavy atom. The smallest absolute Gasteiger partial charge is 0.230 e. The third-order valence-electron chi connectivity index (χ3n) is 3.79. The molecule has 0 saturated heterocycles. The molecule has 0 saturated carbocycles. The Morgan fingerprint density at radius 3 is 2.82 bits per heavy atom. The lowest BCUT2D eigenvalue weighted by atomic mass is 9.83. The summed E-state index contributed by atoms with van der Waals surface area (Å²) in [6, 6.07) is 7.64. The van der Waals surface area contributed by atoms with E-state index in [0.717, 1.165) is 24.3 Å². The van der Waals surface area contributed by atoms with Gasteiger partial charge in [0.2, 0.25) is 5.91 Å². The summed E-state index contributed by atoms with van der Waals surface area (Å²) < 4.78 is 7.36. The summed E-state index contributed by atoms with van der Waals surface area (Å²) in [6.45, 7) is 5.30. The highest BCUT2D eigenvalue weighted by Gasteiger charge is 2.32. The van der Waals surface area contributed by atoms with Gasteiger partial charge in [-0.25, -0.2) is 4.98 Å². The Labute approximate surface area is 131 Å². The lowest BCUT2D eigenvalue weighted by Gasteiger charge is -2.26. The summed E-state index contributed by atoms with van der Waals surface area (Å²) in [7, 11) is 1.62. The van der Waals surface area contributed by atoms with Gasteiger partial charge in [0, 0.05) is 31.0 Å². The third-order valence-corrected chi connectivity index (χ3v) is 3.79. The van der Waals surface area contributed by atoms with Crippen LogP contribution in [0.25, 0.3) is 0 Å². The second-order valence-corrected chi connectivity index (χ2v) is 5.74. The van der Waals surface area contributed by atoms with Crippen LogP contribution < -0.4 is 10.1 Å². The van der Waals surface area contributed by atoms with E-state index in [1.807, 2.05) is 48.9 Å². The highest BCUT2D eigenvalue weighted by molar-refractivity contribution is 5.88. The number of carbonyl (C=O) groups excluding carboxylic acids is 1. The second-order valence-electron chi connectivity index (χ2n) is 5.74. The number of imidazole rings is 1. The normalized spacial score (nSPS) is 11.2. The Morgan fingerprint density at radius 1 is 1.36 bits per heavy atom. The van der Waals surface area contributed by atoms with E-state index in [0.29, 0.717) is 6.54 Å². The molecule has 2 aromatic rings. The average molecular weight is 301 g/mol. The van der Waals surface area contributed by atoms with E-state index in [-0.39, 0.29) is 5.91 Å². The van der Waals surface area contributed by atoms with Gasteiger partial charge in [-0.15, -0.1) is 0 Å². The number of hydrogen-bond donors (Lipinski definition) is 1. The molecule has 118 valence electrons. The number of carbonyl (C=O) groups is 1. The molecule has 1 N–H and O–H groups in total. The van der Waals surface area contributed by atoms with Crippen LogP contribution in [0, 0.1) is 0 Å². The van der Waals surface area contributed by atoms with Crippen molar-refractivity contribution in [2.45, 2.75) is 32.2 Å². The molecule has 0 atom stereocenters. The summed E-state index contributed by atoms with van der Waals surface area (Å²) in [5.41, 5.74) is 0.256. The average Bonchev–Trinajstić information content (AvgIpc) is 3.04. The van der Waals surface area contributed by atoms with Crippen molar-refractivity contribution in [2.75, 3.05) is 13.7 Å². The maximum atomic E-state index is 12.5. The zero-order chi connectivity index (χ0) is 16.0. The highest BCUT2D eigenvalue weighted by Crippen LogP contribution is 2.31. The molecule has 1 aromatic heterocycles. The molecule has 0 aliphatic rings. The van der Waals surface area contributed by atoms with Gasteiger partial charge in [0.1, 0.15) is 5.75 Å². The first-order valence-corrected chi connectivity index (χ1v) is 7.43. The first-order chi connectivity index (χ1) is 10.6. The fourth-order valence-corrected chi connectivity index (χ4v) is 2.39. The summed E-state index contributed by atoms with van der Waals surface area (Å²) in [6.07, 6.45) is 6.31. The van der Waals surface area contributed by atoms with Crippen molar-refractivity contribution >= 4 is 5.91 Å². The predicted molar refractivity (Wildman–Crippen MR) is 85.9 cm³/mol. The molecule has 0 spiro atoms. The van der Waals surface area contributed by atoms with Gasteiger partial charge < -0.3 is 14.6 Å². The Balaban J connectivity index is 1.92. The zero-order valence-corrected chi connectivity index (χ0v) is 13.4. The van der Waals surface area contributed by atoms with Gasteiger partial charge in [0.15, 0.2) is 0 Å². The zero-order valence-electron chi connectivity index (χ0n) is 13.4. The number of nitrogens with zero attached hydrogens (tertiary/aromatic N) is 2. The number of aromatic nitrogens is 2. The van der Waals surface area contributed by atoms with Gasteiger partial charge in [-0.3, -0.25) is 4.79 Å². The van der Waals surface area contributed by atoms with Crippen LogP contribution in [0.2, 0.25) is 0 Å². The minimum Gasteiger partial charge on any atom is -0.496 e. The largest absolute Gasteiger partial charge is 0.496 e. The molecule has 5 heteroatoms. The molecule has 22 heavy (non-hydrogen) atoms. The molecule has 1 aromatic carbocycles. The minimum absolute atomic E-state index is 0.00244. The number of hydrogen-bond acceptors (Lipinski definition) is 3. The van der Waals surface area contributed by atoms with Crippen LogP contribution in [0.15, 0.2) is 43.0 Å². The van der Waals surface area contributed by atoms with Crippen molar-refractivity contribution in [2.24, 2.45) is 0 Å². The van der Waals surface area contributed by atoms with E-state index >= 15 is 0 Å². The molecular weight excluding hydrogens is 278 g/mol. The molecule has 0 aliphatic heterocycles. The number of para-hydroxylation sites is 1. The summed E-state index contributed by atoms with van der Waals surface area (Å²) >= 11 is 0. The first kappa shape index (κ1) is 16.1. The Kier molecular flexibility index (Phi) is 5.20. The van der Waals surface area contributed by atoms with Crippen molar-refractivity contribution < 1.29 is 9.53 Å². The van der Waals surface area contributed by atoms with E-state index < -0.39 is 5.41 Å². The number of benzene rings is 1. The van der Waals surface area contributed by atoms with Crippen LogP contribution in [0.4, 0.5) is 0 Å². The molecule has 0 aliphatic carbocycles. The van der Waals surface area contributed by atoms with Gasteiger partial charge in [-0.05, 0) is 26.3 Å². The maximum Gasteiger partial charge on any atom is 0.230 e. The monoisotopic (exact) mass is 301 g/mol. The number of aryl methyl sites for hydroxylation is 1. The highest BCUT2D eigenvalue weighted by atomic mass is 16.5. The molecule has 5 nitrogen and oxygen atoms in total. The SMILES string of the molecule is COc1ccccc1C(C)(C)C(=O)NCCCn1ccnc1. The van der Waals surface area contributed by atoms with Gasteiger partial charge in [0.05, 0.1) is 18.9 Å². The van der Waals surface area contributed by atoms with Crippen molar-refractivity contribution in [3.8, 4) is 5.75 Å². The molecule has 1 heterocycles. The van der Waals surface area contributed by atoms with E-state index in [1.54, 1.807) is 19.6 Å². The number of nitrogens with one attached hydrogen (secondary N) is 1. The standard InChI is InChI=1S/C17H23N3O2/c1-17(2,14-7-4-5-8-15(14)22-3)16(21)19-9-6-11-20-12-10-18-13-20/h4-5,7-8,10,12-13H,6,9,11H2,1-3H3,(H,19,21). The van der Waals surface area contributed by atoms with Crippen LogP contribution in [-0.2, 0) is 16.8 Å².